The summed E-state index contributed by atoms with van der Waals surface area (Å²) in [7, 11) is 1.04. The van der Waals surface area contributed by atoms with E-state index in [2.05, 4.69) is 5.32 Å². The first-order valence-electron chi connectivity index (χ1n) is 13.9. The lowest BCUT2D eigenvalue weighted by Gasteiger charge is -2.38. The predicted octanol–water partition coefficient (Wildman–Crippen LogP) is 7.88. The van der Waals surface area contributed by atoms with Crippen molar-refractivity contribution in [3.8, 4) is 11.5 Å². The summed E-state index contributed by atoms with van der Waals surface area (Å²) in [5, 5.41) is 2.40. The van der Waals surface area contributed by atoms with Crippen LogP contribution in [0.5, 0.6) is 11.5 Å². The molecule has 7 nitrogen and oxygen atoms in total. The van der Waals surface area contributed by atoms with Crippen molar-refractivity contribution in [2.24, 2.45) is 0 Å². The third-order valence-corrected chi connectivity index (χ3v) is 7.82. The molecule has 0 saturated carbocycles. The number of benzene rings is 4. The van der Waals surface area contributed by atoms with Crippen molar-refractivity contribution in [3.63, 3.8) is 0 Å². The fourth-order valence-electron chi connectivity index (χ4n) is 5.40. The van der Waals surface area contributed by atoms with Gasteiger partial charge in [0.15, 0.2) is 5.78 Å². The van der Waals surface area contributed by atoms with Gasteiger partial charge in [0, 0.05) is 18.3 Å². The Bertz CT molecular complexity index is 1900. The van der Waals surface area contributed by atoms with Crippen LogP contribution in [0.1, 0.15) is 65.0 Å². The van der Waals surface area contributed by atoms with Gasteiger partial charge >= 0.3 is 12.4 Å². The van der Waals surface area contributed by atoms with E-state index in [1.165, 1.54) is 24.3 Å². The summed E-state index contributed by atoms with van der Waals surface area (Å²) < 4.78 is 95.3. The Hall–Kier alpha value is -5.46. The lowest BCUT2D eigenvalue weighted by Crippen LogP contribution is -2.55. The summed E-state index contributed by atoms with van der Waals surface area (Å²) in [4.78, 5) is 51.2. The number of nitrogens with one attached hydrogen (secondary N) is 1. The van der Waals surface area contributed by atoms with Gasteiger partial charge < -0.3 is 10.1 Å². The minimum atomic E-state index is -6.07. The van der Waals surface area contributed by atoms with Crippen molar-refractivity contribution >= 4 is 29.2 Å². The summed E-state index contributed by atoms with van der Waals surface area (Å²) in [5.41, 5.74) is -8.66. The number of carbonyl (C=O) groups excluding carboxylic acids is 4. The van der Waals surface area contributed by atoms with Crippen LogP contribution < -0.4 is 10.1 Å². The number of fused-ring (bicyclic) bond motifs is 1. The van der Waals surface area contributed by atoms with Crippen molar-refractivity contribution < 1.29 is 50.3 Å². The summed E-state index contributed by atoms with van der Waals surface area (Å²) in [5.74, 6) is -3.01. The normalized spacial score (nSPS) is 13.4. The number of imide groups is 1. The summed E-state index contributed by atoms with van der Waals surface area (Å²) in [6, 6.07) is 16.0. The molecule has 0 spiro atoms. The Kier molecular flexibility index (Phi) is 8.21. The van der Waals surface area contributed by atoms with Gasteiger partial charge in [0.05, 0.1) is 16.7 Å². The number of ketones is 1. The maximum absolute atomic E-state index is 14.9. The minimum Gasteiger partial charge on any atom is -0.457 e. The van der Waals surface area contributed by atoms with Gasteiger partial charge in [-0.1, -0.05) is 35.9 Å². The molecule has 13 heteroatoms. The van der Waals surface area contributed by atoms with Crippen molar-refractivity contribution in [3.05, 3.63) is 124 Å². The van der Waals surface area contributed by atoms with E-state index in [4.69, 9.17) is 4.74 Å². The van der Waals surface area contributed by atoms with Crippen molar-refractivity contribution in [2.45, 2.75) is 31.6 Å². The van der Waals surface area contributed by atoms with Gasteiger partial charge in [-0.2, -0.15) is 26.3 Å². The molecule has 0 bridgehead atoms. The minimum absolute atomic E-state index is 0.106. The van der Waals surface area contributed by atoms with Crippen LogP contribution in [0.25, 0.3) is 0 Å². The van der Waals surface area contributed by atoms with E-state index in [-0.39, 0.29) is 11.3 Å². The molecule has 0 aromatic heterocycles. The molecule has 0 atom stereocenters. The highest BCUT2D eigenvalue weighted by Crippen LogP contribution is 2.56. The molecule has 4 aromatic carbocycles. The molecular weight excluding hydrogens is 630 g/mol. The van der Waals surface area contributed by atoms with Gasteiger partial charge in [0.25, 0.3) is 17.7 Å². The maximum Gasteiger partial charge on any atom is 0.411 e. The van der Waals surface area contributed by atoms with E-state index >= 15 is 0 Å². The molecule has 0 unspecified atom stereocenters. The summed E-state index contributed by atoms with van der Waals surface area (Å²) in [6.07, 6.45) is -12.1. The number of Topliss-reactive ketones (excluding diaryl/α,β-unsaturated/α-hetero) is 1. The number of alkyl halides is 6. The Morgan fingerprint density at radius 2 is 1.19 bits per heavy atom. The number of ether oxygens (including phenoxy) is 1. The Morgan fingerprint density at radius 1 is 0.681 bits per heavy atom. The second-order valence-electron chi connectivity index (χ2n) is 10.9. The topological polar surface area (TPSA) is 92.8 Å². The van der Waals surface area contributed by atoms with Crippen LogP contribution in [0.4, 0.5) is 32.0 Å². The molecule has 4 aromatic rings. The van der Waals surface area contributed by atoms with Crippen molar-refractivity contribution in [2.75, 3.05) is 12.4 Å². The number of amides is 3. The molecule has 0 aliphatic carbocycles. The highest BCUT2D eigenvalue weighted by atomic mass is 19.4. The average Bonchev–Trinajstić information content (AvgIpc) is 3.21. The number of anilines is 1. The zero-order valence-electron chi connectivity index (χ0n) is 24.8. The van der Waals surface area contributed by atoms with Crippen LogP contribution in [0.3, 0.4) is 0 Å². The number of hydrogen-bond donors (Lipinski definition) is 1. The highest BCUT2D eigenvalue weighted by Gasteiger charge is 2.72. The second-order valence-corrected chi connectivity index (χ2v) is 10.9. The smallest absolute Gasteiger partial charge is 0.411 e. The molecule has 1 aliphatic rings. The lowest BCUT2D eigenvalue weighted by atomic mass is 9.71. The first-order chi connectivity index (χ1) is 22.0. The van der Waals surface area contributed by atoms with Gasteiger partial charge in [0.2, 0.25) is 5.41 Å². The first kappa shape index (κ1) is 32.9. The van der Waals surface area contributed by atoms with E-state index < -0.39 is 69.1 Å². The zero-order chi connectivity index (χ0) is 34.5. The van der Waals surface area contributed by atoms with Gasteiger partial charge in [-0.3, -0.25) is 24.1 Å². The number of rotatable bonds is 7. The van der Waals surface area contributed by atoms with Crippen LogP contribution >= 0.6 is 0 Å². The quantitative estimate of drug-likeness (QED) is 0.124. The number of aryl methyl sites for hydroxylation is 1. The van der Waals surface area contributed by atoms with Gasteiger partial charge in [0.1, 0.15) is 11.5 Å². The molecular formula is C34H24F6N2O5. The zero-order valence-corrected chi connectivity index (χ0v) is 24.8. The number of nitrogens with zero attached hydrogens (tertiary/aromatic N) is 1. The fourth-order valence-corrected chi connectivity index (χ4v) is 5.40. The largest absolute Gasteiger partial charge is 0.457 e. The van der Waals surface area contributed by atoms with Crippen LogP contribution in [-0.4, -0.2) is 47.8 Å². The third kappa shape index (κ3) is 5.73. The molecule has 3 amide bonds. The van der Waals surface area contributed by atoms with Crippen molar-refractivity contribution in [1.29, 1.82) is 0 Å². The number of hydrogen-bond acceptors (Lipinski definition) is 5. The molecule has 0 saturated heterocycles. The van der Waals surface area contributed by atoms with Crippen LogP contribution in [0, 0.1) is 6.92 Å². The monoisotopic (exact) mass is 654 g/mol. The van der Waals surface area contributed by atoms with E-state index in [9.17, 15) is 45.5 Å². The Balaban J connectivity index is 1.58. The second kappa shape index (κ2) is 11.7. The van der Waals surface area contributed by atoms with E-state index in [0.29, 0.717) is 46.7 Å². The maximum atomic E-state index is 14.9. The molecule has 1 heterocycles. The Labute approximate surface area is 263 Å². The molecule has 5 rings (SSSR count). The number of halogens is 6. The molecule has 242 valence electrons. The number of carbonyl (C=O) groups is 4. The van der Waals surface area contributed by atoms with Crippen molar-refractivity contribution in [1.82, 2.24) is 4.90 Å². The summed E-state index contributed by atoms with van der Waals surface area (Å²) >= 11 is 0. The van der Waals surface area contributed by atoms with Gasteiger partial charge in [-0.05, 0) is 79.6 Å². The standard InChI is InChI=1S/C34H24F6N2O5/c1-18-4-10-23(11-5-18)47-24-12-8-22(9-13-24)41-29(44)27-16-20(6-14-25(27)19(2)43)32(33(35,36)37,34(38,39)40)21-7-15-26-28(17-21)31(46)42(3)30(26)45/h4-17H,1-3H3,(H,41,44). The van der Waals surface area contributed by atoms with E-state index in [0.717, 1.165) is 25.6 Å². The first-order valence-corrected chi connectivity index (χ1v) is 13.9. The molecule has 1 N–H and O–H groups in total. The van der Waals surface area contributed by atoms with E-state index in [1.807, 2.05) is 19.1 Å². The third-order valence-electron chi connectivity index (χ3n) is 7.82. The highest BCUT2D eigenvalue weighted by molar-refractivity contribution is 6.21. The molecule has 0 fully saturated rings. The van der Waals surface area contributed by atoms with Crippen LogP contribution in [0.15, 0.2) is 84.9 Å². The average molecular weight is 655 g/mol. The van der Waals surface area contributed by atoms with Crippen LogP contribution in [0.2, 0.25) is 0 Å². The SMILES string of the molecule is CC(=O)c1ccc(C(c2ccc3c(c2)C(=O)N(C)C3=O)(C(F)(F)F)C(F)(F)F)cc1C(=O)Nc1ccc(Oc2ccc(C)cc2)cc1. The fraction of sp³-hybridized carbons (Fsp3) is 0.176. The van der Waals surface area contributed by atoms with Gasteiger partial charge in [-0.15, -0.1) is 0 Å². The lowest BCUT2D eigenvalue weighted by molar-refractivity contribution is -0.288. The molecule has 1 aliphatic heterocycles. The summed E-state index contributed by atoms with van der Waals surface area (Å²) in [6.45, 7) is 2.90. The van der Waals surface area contributed by atoms with Gasteiger partial charge in [-0.25, -0.2) is 0 Å². The Morgan fingerprint density at radius 3 is 1.74 bits per heavy atom. The van der Waals surface area contributed by atoms with Crippen LogP contribution in [-0.2, 0) is 5.41 Å². The predicted molar refractivity (Wildman–Crippen MR) is 158 cm³/mol. The van der Waals surface area contributed by atoms with E-state index in [1.54, 1.807) is 12.1 Å². The molecule has 0 radical (unpaired) electrons. The molecule has 47 heavy (non-hydrogen) atoms.